The van der Waals surface area contributed by atoms with E-state index in [9.17, 15) is 4.79 Å². The third-order valence-electron chi connectivity index (χ3n) is 5.50. The molecular formula is C21H26N4O2. The summed E-state index contributed by atoms with van der Waals surface area (Å²) in [4.78, 5) is 22.7. The van der Waals surface area contributed by atoms with Crippen LogP contribution in [0.15, 0.2) is 30.3 Å². The fourth-order valence-corrected chi connectivity index (χ4v) is 3.54. The molecule has 6 nitrogen and oxygen atoms in total. The van der Waals surface area contributed by atoms with E-state index in [1.165, 1.54) is 0 Å². The molecule has 142 valence electrons. The second kappa shape index (κ2) is 7.18. The lowest BCUT2D eigenvalue weighted by Gasteiger charge is -2.29. The summed E-state index contributed by atoms with van der Waals surface area (Å²) in [6.07, 6.45) is 3.12. The highest BCUT2D eigenvalue weighted by molar-refractivity contribution is 5.73. The molecule has 1 N–H and O–H groups in total. The Bertz CT molecular complexity index is 834. The number of nitrogens with one attached hydrogen (secondary N) is 1. The third kappa shape index (κ3) is 4.04. The molecule has 0 unspecified atom stereocenters. The molecule has 1 saturated carbocycles. The highest BCUT2D eigenvalue weighted by Gasteiger charge is 2.43. The molecule has 2 aliphatic rings. The van der Waals surface area contributed by atoms with Gasteiger partial charge in [0.15, 0.2) is 0 Å². The molecule has 0 spiro atoms. The molecule has 4 rings (SSSR count). The van der Waals surface area contributed by atoms with Crippen LogP contribution in [0.1, 0.15) is 36.8 Å². The summed E-state index contributed by atoms with van der Waals surface area (Å²) in [5.41, 5.74) is 2.30. The molecule has 1 aromatic heterocycles. The second-order valence-electron chi connectivity index (χ2n) is 7.69. The number of amides is 1. The van der Waals surface area contributed by atoms with Gasteiger partial charge in [-0.15, -0.1) is 0 Å². The van der Waals surface area contributed by atoms with Crippen molar-refractivity contribution in [2.45, 2.75) is 39.7 Å². The smallest absolute Gasteiger partial charge is 0.219 e. The van der Waals surface area contributed by atoms with Crippen LogP contribution in [0.3, 0.4) is 0 Å². The molecule has 0 atom stereocenters. The van der Waals surface area contributed by atoms with Gasteiger partial charge in [-0.25, -0.2) is 9.97 Å². The van der Waals surface area contributed by atoms with Crippen molar-refractivity contribution in [3.05, 3.63) is 47.4 Å². The zero-order valence-electron chi connectivity index (χ0n) is 16.0. The Kier molecular flexibility index (Phi) is 4.72. The molecule has 27 heavy (non-hydrogen) atoms. The minimum atomic E-state index is 0.0985. The van der Waals surface area contributed by atoms with E-state index in [1.54, 1.807) is 6.92 Å². The maximum atomic E-state index is 11.7. The zero-order valence-corrected chi connectivity index (χ0v) is 16.0. The van der Waals surface area contributed by atoms with Crippen LogP contribution in [0.25, 0.3) is 0 Å². The first-order chi connectivity index (χ1) is 13.0. The summed E-state index contributed by atoms with van der Waals surface area (Å²) in [6.45, 7) is 6.38. The average molecular weight is 366 g/mol. The van der Waals surface area contributed by atoms with Crippen molar-refractivity contribution in [3.8, 4) is 5.75 Å². The highest BCUT2D eigenvalue weighted by atomic mass is 16.5. The van der Waals surface area contributed by atoms with Gasteiger partial charge in [-0.1, -0.05) is 18.2 Å². The lowest BCUT2D eigenvalue weighted by atomic mass is 10.0. The number of aromatic nitrogens is 2. The van der Waals surface area contributed by atoms with Crippen LogP contribution < -0.4 is 10.1 Å². The SMILES string of the molecule is CC(=O)N1CCc2c(nc(C)nc2NCC2(COc3ccccc3)CC2)C1. The molecule has 2 heterocycles. The van der Waals surface area contributed by atoms with E-state index in [4.69, 9.17) is 4.74 Å². The van der Waals surface area contributed by atoms with Crippen molar-refractivity contribution < 1.29 is 9.53 Å². The summed E-state index contributed by atoms with van der Waals surface area (Å²) in [7, 11) is 0. The van der Waals surface area contributed by atoms with Gasteiger partial charge in [0.2, 0.25) is 5.91 Å². The molecule has 1 amide bonds. The van der Waals surface area contributed by atoms with E-state index in [-0.39, 0.29) is 11.3 Å². The summed E-state index contributed by atoms with van der Waals surface area (Å²) >= 11 is 0. The molecule has 0 bridgehead atoms. The largest absolute Gasteiger partial charge is 0.493 e. The monoisotopic (exact) mass is 366 g/mol. The first kappa shape index (κ1) is 17.8. The van der Waals surface area contributed by atoms with Crippen molar-refractivity contribution in [2.24, 2.45) is 5.41 Å². The van der Waals surface area contributed by atoms with Crippen LogP contribution in [0.4, 0.5) is 5.82 Å². The van der Waals surface area contributed by atoms with Crippen LogP contribution in [-0.4, -0.2) is 40.5 Å². The maximum Gasteiger partial charge on any atom is 0.219 e. The van der Waals surface area contributed by atoms with Crippen LogP contribution >= 0.6 is 0 Å². The summed E-state index contributed by atoms with van der Waals surface area (Å²) in [6, 6.07) is 9.97. The highest BCUT2D eigenvalue weighted by Crippen LogP contribution is 2.46. The number of hydrogen-bond donors (Lipinski definition) is 1. The quantitative estimate of drug-likeness (QED) is 0.851. The average Bonchev–Trinajstić information content (AvgIpc) is 3.45. The molecule has 1 aromatic carbocycles. The maximum absolute atomic E-state index is 11.7. The number of hydrogen-bond acceptors (Lipinski definition) is 5. The van der Waals surface area contributed by atoms with Gasteiger partial charge in [0.25, 0.3) is 0 Å². The minimum absolute atomic E-state index is 0.0985. The predicted octanol–water partition coefficient (Wildman–Crippen LogP) is 2.96. The molecule has 0 radical (unpaired) electrons. The Labute approximate surface area is 160 Å². The molecule has 0 saturated heterocycles. The Morgan fingerprint density at radius 3 is 2.74 bits per heavy atom. The number of benzene rings is 1. The van der Waals surface area contributed by atoms with Crippen molar-refractivity contribution in [3.63, 3.8) is 0 Å². The standard InChI is InChI=1S/C21H26N4O2/c1-15-23-19-12-25(16(2)26)11-8-18(19)20(24-15)22-13-21(9-10-21)14-27-17-6-4-3-5-7-17/h3-7H,8-14H2,1-2H3,(H,22,23,24). The van der Waals surface area contributed by atoms with E-state index < -0.39 is 0 Å². The normalized spacial score (nSPS) is 17.2. The molecule has 6 heteroatoms. The van der Waals surface area contributed by atoms with Crippen molar-refractivity contribution in [1.29, 1.82) is 0 Å². The topological polar surface area (TPSA) is 67.4 Å². The predicted molar refractivity (Wildman–Crippen MR) is 104 cm³/mol. The van der Waals surface area contributed by atoms with Crippen LogP contribution in [0.2, 0.25) is 0 Å². The zero-order chi connectivity index (χ0) is 18.9. The van der Waals surface area contributed by atoms with Crippen LogP contribution in [0, 0.1) is 12.3 Å². The fourth-order valence-electron chi connectivity index (χ4n) is 3.54. The second-order valence-corrected chi connectivity index (χ2v) is 7.69. The number of para-hydroxylation sites is 1. The van der Waals surface area contributed by atoms with Crippen LogP contribution in [0.5, 0.6) is 5.75 Å². The number of ether oxygens (including phenoxy) is 1. The molecule has 1 aliphatic carbocycles. The lowest BCUT2D eigenvalue weighted by Crippen LogP contribution is -2.36. The number of carbonyl (C=O) groups excluding carboxylic acids is 1. The van der Waals surface area contributed by atoms with Crippen molar-refractivity contribution >= 4 is 11.7 Å². The van der Waals surface area contributed by atoms with Gasteiger partial charge in [0, 0.05) is 31.0 Å². The molecule has 1 aliphatic heterocycles. The van der Waals surface area contributed by atoms with E-state index in [0.29, 0.717) is 13.2 Å². The summed E-state index contributed by atoms with van der Waals surface area (Å²) < 4.78 is 5.98. The number of nitrogens with zero attached hydrogens (tertiary/aromatic N) is 3. The van der Waals surface area contributed by atoms with Gasteiger partial charge >= 0.3 is 0 Å². The fraction of sp³-hybridized carbons (Fsp3) is 0.476. The minimum Gasteiger partial charge on any atom is -0.493 e. The third-order valence-corrected chi connectivity index (χ3v) is 5.50. The van der Waals surface area contributed by atoms with E-state index in [1.807, 2.05) is 42.2 Å². The molecule has 2 aromatic rings. The summed E-state index contributed by atoms with van der Waals surface area (Å²) in [5.74, 6) is 2.68. The lowest BCUT2D eigenvalue weighted by molar-refractivity contribution is -0.129. The molecular weight excluding hydrogens is 340 g/mol. The number of fused-ring (bicyclic) bond motifs is 1. The first-order valence-electron chi connectivity index (χ1n) is 9.58. The number of rotatable bonds is 6. The summed E-state index contributed by atoms with van der Waals surface area (Å²) in [5, 5.41) is 3.56. The van der Waals surface area contributed by atoms with E-state index in [0.717, 1.165) is 61.0 Å². The van der Waals surface area contributed by atoms with Gasteiger partial charge in [-0.3, -0.25) is 4.79 Å². The first-order valence-corrected chi connectivity index (χ1v) is 9.58. The number of anilines is 1. The van der Waals surface area contributed by atoms with Crippen LogP contribution in [-0.2, 0) is 17.8 Å². The van der Waals surface area contributed by atoms with Gasteiger partial charge in [0.05, 0.1) is 18.8 Å². The molecule has 1 fully saturated rings. The van der Waals surface area contributed by atoms with Crippen molar-refractivity contribution in [1.82, 2.24) is 14.9 Å². The van der Waals surface area contributed by atoms with E-state index >= 15 is 0 Å². The number of aryl methyl sites for hydroxylation is 1. The van der Waals surface area contributed by atoms with Gasteiger partial charge in [-0.05, 0) is 38.3 Å². The Balaban J connectivity index is 1.42. The van der Waals surface area contributed by atoms with Gasteiger partial charge in [0.1, 0.15) is 17.4 Å². The number of carbonyl (C=O) groups is 1. The van der Waals surface area contributed by atoms with Gasteiger partial charge < -0.3 is 15.0 Å². The van der Waals surface area contributed by atoms with Gasteiger partial charge in [-0.2, -0.15) is 0 Å². The Morgan fingerprint density at radius 1 is 1.26 bits per heavy atom. The van der Waals surface area contributed by atoms with Crippen molar-refractivity contribution in [2.75, 3.05) is 25.0 Å². The Morgan fingerprint density at radius 2 is 2.04 bits per heavy atom. The Hall–Kier alpha value is -2.63. The van der Waals surface area contributed by atoms with E-state index in [2.05, 4.69) is 15.3 Å².